The average Bonchev–Trinajstić information content (AvgIpc) is 3.30. The van der Waals surface area contributed by atoms with Crippen LogP contribution in [-0.2, 0) is 11.2 Å². The number of nitrogens with one attached hydrogen (secondary N) is 1. The van der Waals surface area contributed by atoms with Crippen molar-refractivity contribution in [2.24, 2.45) is 0 Å². The van der Waals surface area contributed by atoms with E-state index in [1.807, 2.05) is 41.8 Å². The number of alkyl halides is 2. The van der Waals surface area contributed by atoms with Gasteiger partial charge in [-0.25, -0.2) is 15.0 Å². The first-order valence-corrected chi connectivity index (χ1v) is 11.3. The molecule has 9 nitrogen and oxygen atoms in total. The lowest BCUT2D eigenvalue weighted by Crippen LogP contribution is -2.06. The third kappa shape index (κ3) is 5.10. The molecule has 0 amide bonds. The molecule has 0 aliphatic rings. The highest BCUT2D eigenvalue weighted by Gasteiger charge is 2.16. The standard InChI is InChI=1S/C26H21F2N7O2/c1-15-13-29-24(37-26(27)28)12-19(15)25-17(9-10-36)4-8-23(32-25)35-14-30-20-11-18(5-6-21(20)35)31-22-7-3-16(2)33-34-22/h3-8,10-14,26H,9H2,1-2H3,(H,31,34). The van der Waals surface area contributed by atoms with Crippen molar-refractivity contribution in [2.75, 3.05) is 5.32 Å². The number of halogens is 2. The van der Waals surface area contributed by atoms with Gasteiger partial charge in [0.05, 0.1) is 22.4 Å². The molecule has 1 aromatic carbocycles. The maximum atomic E-state index is 12.8. The molecule has 0 saturated carbocycles. The molecule has 0 aliphatic heterocycles. The highest BCUT2D eigenvalue weighted by atomic mass is 19.3. The summed E-state index contributed by atoms with van der Waals surface area (Å²) < 4.78 is 31.8. The van der Waals surface area contributed by atoms with Gasteiger partial charge < -0.3 is 14.8 Å². The molecule has 0 bridgehead atoms. The number of hydrogen-bond acceptors (Lipinski definition) is 8. The number of carbonyl (C=O) groups excluding carboxylic acids is 1. The molecule has 0 spiro atoms. The van der Waals surface area contributed by atoms with E-state index in [1.54, 1.807) is 25.4 Å². The van der Waals surface area contributed by atoms with Gasteiger partial charge in [-0.15, -0.1) is 5.10 Å². The Balaban J connectivity index is 1.53. The van der Waals surface area contributed by atoms with Gasteiger partial charge in [-0.2, -0.15) is 13.9 Å². The third-order valence-electron chi connectivity index (χ3n) is 5.67. The quantitative estimate of drug-likeness (QED) is 0.297. The summed E-state index contributed by atoms with van der Waals surface area (Å²) in [5.41, 5.74) is 5.50. The van der Waals surface area contributed by atoms with Gasteiger partial charge in [0, 0.05) is 29.9 Å². The smallest absolute Gasteiger partial charge is 0.388 e. The zero-order valence-electron chi connectivity index (χ0n) is 19.9. The van der Waals surface area contributed by atoms with Crippen LogP contribution in [0.15, 0.2) is 61.1 Å². The fourth-order valence-electron chi connectivity index (χ4n) is 3.90. The fourth-order valence-corrected chi connectivity index (χ4v) is 3.90. The van der Waals surface area contributed by atoms with E-state index in [9.17, 15) is 13.6 Å². The van der Waals surface area contributed by atoms with Crippen molar-refractivity contribution in [3.05, 3.63) is 77.9 Å². The molecule has 37 heavy (non-hydrogen) atoms. The van der Waals surface area contributed by atoms with Crippen molar-refractivity contribution in [2.45, 2.75) is 26.9 Å². The van der Waals surface area contributed by atoms with E-state index in [-0.39, 0.29) is 12.3 Å². The fraction of sp³-hybridized carbons (Fsp3) is 0.154. The van der Waals surface area contributed by atoms with Crippen molar-refractivity contribution in [1.29, 1.82) is 0 Å². The predicted octanol–water partition coefficient (Wildman–Crippen LogP) is 4.98. The Kier molecular flexibility index (Phi) is 6.50. The number of anilines is 2. The average molecular weight is 501 g/mol. The Morgan fingerprint density at radius 1 is 1.05 bits per heavy atom. The lowest BCUT2D eigenvalue weighted by Gasteiger charge is -2.14. The van der Waals surface area contributed by atoms with Gasteiger partial charge in [-0.3, -0.25) is 4.57 Å². The van der Waals surface area contributed by atoms with Crippen molar-refractivity contribution in [1.82, 2.24) is 29.7 Å². The van der Waals surface area contributed by atoms with E-state index < -0.39 is 6.61 Å². The Bertz CT molecular complexity index is 1590. The predicted molar refractivity (Wildman–Crippen MR) is 133 cm³/mol. The maximum absolute atomic E-state index is 12.8. The van der Waals surface area contributed by atoms with Crippen LogP contribution in [0.3, 0.4) is 0 Å². The van der Waals surface area contributed by atoms with Gasteiger partial charge in [0.1, 0.15) is 18.4 Å². The molecule has 4 aromatic heterocycles. The molecule has 5 aromatic rings. The minimum atomic E-state index is -3.01. The summed E-state index contributed by atoms with van der Waals surface area (Å²) in [6.45, 7) is 0.645. The molecule has 4 heterocycles. The SMILES string of the molecule is Cc1ccc(Nc2ccc3c(c2)ncn3-c2ccc(CC=O)c(-c3cc(OC(F)F)ncc3C)n2)nn1. The van der Waals surface area contributed by atoms with Crippen LogP contribution in [-0.4, -0.2) is 42.6 Å². The van der Waals surface area contributed by atoms with Gasteiger partial charge in [0.25, 0.3) is 0 Å². The van der Waals surface area contributed by atoms with E-state index >= 15 is 0 Å². The molecule has 0 saturated heterocycles. The molecule has 0 unspecified atom stereocenters. The Hall–Kier alpha value is -4.80. The highest BCUT2D eigenvalue weighted by Crippen LogP contribution is 2.30. The van der Waals surface area contributed by atoms with Crippen molar-refractivity contribution < 1.29 is 18.3 Å². The van der Waals surface area contributed by atoms with Crippen LogP contribution in [0, 0.1) is 13.8 Å². The summed E-state index contributed by atoms with van der Waals surface area (Å²) in [7, 11) is 0. The van der Waals surface area contributed by atoms with Crippen LogP contribution in [0.2, 0.25) is 0 Å². The summed E-state index contributed by atoms with van der Waals surface area (Å²) >= 11 is 0. The first kappa shape index (κ1) is 23.9. The van der Waals surface area contributed by atoms with E-state index in [0.717, 1.165) is 28.7 Å². The topological polar surface area (TPSA) is 108 Å². The molecule has 0 fully saturated rings. The van der Waals surface area contributed by atoms with Gasteiger partial charge in [0.2, 0.25) is 5.88 Å². The van der Waals surface area contributed by atoms with Crippen molar-refractivity contribution in [3.63, 3.8) is 0 Å². The summed E-state index contributed by atoms with van der Waals surface area (Å²) in [4.78, 5) is 24.5. The largest absolute Gasteiger partial charge is 0.417 e. The number of carbonyl (C=O) groups is 1. The molecular formula is C26H21F2N7O2. The molecular weight excluding hydrogens is 480 g/mol. The number of aldehydes is 1. The minimum absolute atomic E-state index is 0.108. The van der Waals surface area contributed by atoms with Crippen LogP contribution in [0.1, 0.15) is 16.8 Å². The maximum Gasteiger partial charge on any atom is 0.388 e. The Morgan fingerprint density at radius 3 is 2.68 bits per heavy atom. The minimum Gasteiger partial charge on any atom is -0.417 e. The molecule has 0 radical (unpaired) electrons. The third-order valence-corrected chi connectivity index (χ3v) is 5.67. The number of nitrogens with zero attached hydrogens (tertiary/aromatic N) is 6. The number of benzene rings is 1. The van der Waals surface area contributed by atoms with Crippen molar-refractivity contribution in [3.8, 4) is 23.0 Å². The van der Waals surface area contributed by atoms with Gasteiger partial charge in [-0.05, 0) is 61.4 Å². The van der Waals surface area contributed by atoms with Gasteiger partial charge >= 0.3 is 6.61 Å². The molecule has 0 aliphatic carbocycles. The van der Waals surface area contributed by atoms with Crippen LogP contribution < -0.4 is 10.1 Å². The second-order valence-electron chi connectivity index (χ2n) is 8.27. The van der Waals surface area contributed by atoms with E-state index in [1.165, 1.54) is 12.3 Å². The van der Waals surface area contributed by atoms with Crippen molar-refractivity contribution >= 4 is 28.8 Å². The summed E-state index contributed by atoms with van der Waals surface area (Å²) in [6.07, 6.45) is 3.96. The molecule has 186 valence electrons. The van der Waals surface area contributed by atoms with Crippen LogP contribution in [0.5, 0.6) is 5.88 Å². The Labute approximate surface area is 210 Å². The molecule has 5 rings (SSSR count). The van der Waals surface area contributed by atoms with Crippen LogP contribution in [0.25, 0.3) is 28.1 Å². The monoisotopic (exact) mass is 501 g/mol. The zero-order chi connectivity index (χ0) is 25.9. The first-order valence-electron chi connectivity index (χ1n) is 11.3. The number of aryl methyl sites for hydroxylation is 2. The van der Waals surface area contributed by atoms with Crippen LogP contribution >= 0.6 is 0 Å². The second-order valence-corrected chi connectivity index (χ2v) is 8.27. The first-order chi connectivity index (χ1) is 17.9. The zero-order valence-corrected chi connectivity index (χ0v) is 19.9. The summed E-state index contributed by atoms with van der Waals surface area (Å²) in [5.74, 6) is 0.931. The molecule has 1 N–H and O–H groups in total. The van der Waals surface area contributed by atoms with Gasteiger partial charge in [0.15, 0.2) is 5.82 Å². The van der Waals surface area contributed by atoms with Gasteiger partial charge in [-0.1, -0.05) is 6.07 Å². The Morgan fingerprint density at radius 2 is 1.92 bits per heavy atom. The molecule has 11 heteroatoms. The van der Waals surface area contributed by atoms with E-state index in [0.29, 0.717) is 34.0 Å². The normalized spacial score (nSPS) is 11.2. The number of imidazole rings is 1. The number of ether oxygens (including phenoxy) is 1. The number of pyridine rings is 2. The van der Waals surface area contributed by atoms with E-state index in [2.05, 4.69) is 30.2 Å². The van der Waals surface area contributed by atoms with Crippen LogP contribution in [0.4, 0.5) is 20.3 Å². The molecule has 0 atom stereocenters. The van der Waals surface area contributed by atoms with E-state index in [4.69, 9.17) is 4.98 Å². The number of fused-ring (bicyclic) bond motifs is 1. The summed E-state index contributed by atoms with van der Waals surface area (Å²) in [5, 5.41) is 11.4. The number of aromatic nitrogens is 6. The second kappa shape index (κ2) is 10.1. The number of rotatable bonds is 8. The lowest BCUT2D eigenvalue weighted by molar-refractivity contribution is -0.107. The summed E-state index contributed by atoms with van der Waals surface area (Å²) in [6, 6.07) is 14.4. The number of hydrogen-bond donors (Lipinski definition) is 1. The lowest BCUT2D eigenvalue weighted by atomic mass is 10.0. The highest BCUT2D eigenvalue weighted by molar-refractivity contribution is 5.82.